The quantitative estimate of drug-likeness (QED) is 0.568. The summed E-state index contributed by atoms with van der Waals surface area (Å²) in [7, 11) is 0. The summed E-state index contributed by atoms with van der Waals surface area (Å²) in [5.74, 6) is 0.484. The first-order valence-electron chi connectivity index (χ1n) is 9.83. The SMILES string of the molecule is CCNC(=O)c1cn(-c2ccc(SCC(=O)Nc3ccc4c(c3)CCC4)nn2)cn1. The van der Waals surface area contributed by atoms with E-state index in [1.54, 1.807) is 22.9 Å². The standard InChI is InChI=1S/C21H22N6O2S/c1-2-22-21(29)17-11-27(13-23-17)18-8-9-20(26-25-18)30-12-19(28)24-16-7-6-14-4-3-5-15(14)10-16/h6-11,13H,2-5,12H2,1H3,(H,22,29)(H,24,28). The number of imidazole rings is 1. The second kappa shape index (κ2) is 9.08. The average molecular weight is 423 g/mol. The number of nitrogens with one attached hydrogen (secondary N) is 2. The molecule has 1 aromatic carbocycles. The number of hydrogen-bond acceptors (Lipinski definition) is 6. The minimum absolute atomic E-state index is 0.0787. The van der Waals surface area contributed by atoms with E-state index >= 15 is 0 Å². The van der Waals surface area contributed by atoms with Gasteiger partial charge < -0.3 is 10.6 Å². The van der Waals surface area contributed by atoms with E-state index in [0.717, 1.165) is 18.5 Å². The Morgan fingerprint density at radius 1 is 1.13 bits per heavy atom. The van der Waals surface area contributed by atoms with Gasteiger partial charge in [0.05, 0.1) is 5.75 Å². The number of anilines is 1. The van der Waals surface area contributed by atoms with Crippen LogP contribution in [-0.4, -0.2) is 43.9 Å². The molecule has 1 aliphatic rings. The Balaban J connectivity index is 1.31. The molecule has 0 fully saturated rings. The van der Waals surface area contributed by atoms with Crippen molar-refractivity contribution in [2.75, 3.05) is 17.6 Å². The zero-order valence-electron chi connectivity index (χ0n) is 16.6. The number of hydrogen-bond donors (Lipinski definition) is 2. The van der Waals surface area contributed by atoms with Crippen molar-refractivity contribution in [1.29, 1.82) is 0 Å². The highest BCUT2D eigenvalue weighted by Crippen LogP contribution is 2.25. The number of carbonyl (C=O) groups excluding carboxylic acids is 2. The van der Waals surface area contributed by atoms with Crippen molar-refractivity contribution in [3.05, 3.63) is 59.7 Å². The molecule has 0 unspecified atom stereocenters. The fourth-order valence-electron chi connectivity index (χ4n) is 3.33. The van der Waals surface area contributed by atoms with E-state index in [-0.39, 0.29) is 17.6 Å². The molecule has 2 heterocycles. The van der Waals surface area contributed by atoms with Gasteiger partial charge in [-0.05, 0) is 61.6 Å². The van der Waals surface area contributed by atoms with Crippen LogP contribution >= 0.6 is 11.8 Å². The van der Waals surface area contributed by atoms with Gasteiger partial charge in [-0.25, -0.2) is 4.98 Å². The fraction of sp³-hybridized carbons (Fsp3) is 0.286. The van der Waals surface area contributed by atoms with Crippen molar-refractivity contribution in [2.45, 2.75) is 31.2 Å². The maximum Gasteiger partial charge on any atom is 0.271 e. The van der Waals surface area contributed by atoms with Gasteiger partial charge in [-0.15, -0.1) is 10.2 Å². The number of rotatable bonds is 7. The Morgan fingerprint density at radius 2 is 2.00 bits per heavy atom. The summed E-state index contributed by atoms with van der Waals surface area (Å²) in [6.45, 7) is 2.39. The molecule has 8 nitrogen and oxygen atoms in total. The number of thioether (sulfide) groups is 1. The molecule has 0 bridgehead atoms. The summed E-state index contributed by atoms with van der Waals surface area (Å²) in [6.07, 6.45) is 6.51. The second-order valence-electron chi connectivity index (χ2n) is 6.93. The lowest BCUT2D eigenvalue weighted by atomic mass is 10.1. The summed E-state index contributed by atoms with van der Waals surface area (Å²) in [4.78, 5) is 28.2. The van der Waals surface area contributed by atoms with Crippen molar-refractivity contribution in [1.82, 2.24) is 25.1 Å². The van der Waals surface area contributed by atoms with Crippen LogP contribution in [0.5, 0.6) is 0 Å². The van der Waals surface area contributed by atoms with E-state index in [9.17, 15) is 9.59 Å². The molecule has 3 aromatic rings. The van der Waals surface area contributed by atoms with Crippen LogP contribution in [0.3, 0.4) is 0 Å². The van der Waals surface area contributed by atoms with Crippen molar-refractivity contribution < 1.29 is 9.59 Å². The fourth-order valence-corrected chi connectivity index (χ4v) is 3.94. The van der Waals surface area contributed by atoms with E-state index in [1.807, 2.05) is 13.0 Å². The van der Waals surface area contributed by atoms with Crippen molar-refractivity contribution in [3.63, 3.8) is 0 Å². The van der Waals surface area contributed by atoms with E-state index in [1.165, 1.54) is 35.6 Å². The molecule has 2 N–H and O–H groups in total. The Bertz CT molecular complexity index is 1060. The van der Waals surface area contributed by atoms with Crippen molar-refractivity contribution >= 4 is 29.3 Å². The number of aromatic nitrogens is 4. The van der Waals surface area contributed by atoms with Gasteiger partial charge in [0.1, 0.15) is 17.0 Å². The second-order valence-corrected chi connectivity index (χ2v) is 7.92. The van der Waals surface area contributed by atoms with Gasteiger partial charge in [-0.3, -0.25) is 14.2 Å². The molecule has 9 heteroatoms. The molecule has 0 spiro atoms. The van der Waals surface area contributed by atoms with Gasteiger partial charge in [0.2, 0.25) is 5.91 Å². The molecular formula is C21H22N6O2S. The zero-order chi connectivity index (χ0) is 20.9. The van der Waals surface area contributed by atoms with Gasteiger partial charge >= 0.3 is 0 Å². The van der Waals surface area contributed by atoms with E-state index in [2.05, 4.69) is 37.9 Å². The summed E-state index contributed by atoms with van der Waals surface area (Å²) >= 11 is 1.32. The largest absolute Gasteiger partial charge is 0.351 e. The number of benzene rings is 1. The highest BCUT2D eigenvalue weighted by Gasteiger charge is 2.13. The highest BCUT2D eigenvalue weighted by molar-refractivity contribution is 7.99. The third-order valence-electron chi connectivity index (χ3n) is 4.78. The topological polar surface area (TPSA) is 102 Å². The van der Waals surface area contributed by atoms with Gasteiger partial charge in [0.25, 0.3) is 5.91 Å². The van der Waals surface area contributed by atoms with E-state index < -0.39 is 0 Å². The third kappa shape index (κ3) is 4.68. The Kier molecular flexibility index (Phi) is 6.08. The first-order chi connectivity index (χ1) is 14.6. The average Bonchev–Trinajstić information content (AvgIpc) is 3.42. The lowest BCUT2D eigenvalue weighted by Crippen LogP contribution is -2.22. The van der Waals surface area contributed by atoms with Gasteiger partial charge in [0.15, 0.2) is 5.82 Å². The molecule has 2 aromatic heterocycles. The van der Waals surface area contributed by atoms with Crippen molar-refractivity contribution in [3.8, 4) is 5.82 Å². The number of carbonyl (C=O) groups is 2. The third-order valence-corrected chi connectivity index (χ3v) is 5.70. The molecule has 0 aliphatic heterocycles. The molecule has 1 aliphatic carbocycles. The van der Waals surface area contributed by atoms with Crippen molar-refractivity contribution in [2.24, 2.45) is 0 Å². The van der Waals surface area contributed by atoms with Crippen LogP contribution in [0, 0.1) is 0 Å². The minimum atomic E-state index is -0.231. The smallest absolute Gasteiger partial charge is 0.271 e. The summed E-state index contributed by atoms with van der Waals surface area (Å²) in [5, 5.41) is 14.6. The van der Waals surface area contributed by atoms with E-state index in [4.69, 9.17) is 0 Å². The molecular weight excluding hydrogens is 400 g/mol. The van der Waals surface area contributed by atoms with Crippen LogP contribution in [-0.2, 0) is 17.6 Å². The van der Waals surface area contributed by atoms with Gasteiger partial charge in [-0.1, -0.05) is 17.8 Å². The number of aryl methyl sites for hydroxylation is 2. The predicted octanol–water partition coefficient (Wildman–Crippen LogP) is 2.63. The van der Waals surface area contributed by atoms with Crippen LogP contribution in [0.4, 0.5) is 5.69 Å². The molecule has 0 saturated heterocycles. The van der Waals surface area contributed by atoms with Crippen LogP contribution in [0.2, 0.25) is 0 Å². The normalized spacial score (nSPS) is 12.4. The monoisotopic (exact) mass is 422 g/mol. The van der Waals surface area contributed by atoms with E-state index in [0.29, 0.717) is 23.1 Å². The lowest BCUT2D eigenvalue weighted by molar-refractivity contribution is -0.113. The Hall–Kier alpha value is -3.20. The molecule has 2 amide bonds. The van der Waals surface area contributed by atoms with Crippen LogP contribution in [0.1, 0.15) is 35.0 Å². The molecule has 0 saturated carbocycles. The van der Waals surface area contributed by atoms with Crippen LogP contribution < -0.4 is 10.6 Å². The summed E-state index contributed by atoms with van der Waals surface area (Å²) in [6, 6.07) is 9.70. The maximum absolute atomic E-state index is 12.3. The number of fused-ring (bicyclic) bond motifs is 1. The Morgan fingerprint density at radius 3 is 2.80 bits per heavy atom. The first kappa shape index (κ1) is 20.1. The number of nitrogens with zero attached hydrogens (tertiary/aromatic N) is 4. The highest BCUT2D eigenvalue weighted by atomic mass is 32.2. The first-order valence-corrected chi connectivity index (χ1v) is 10.8. The molecule has 154 valence electrons. The lowest BCUT2D eigenvalue weighted by Gasteiger charge is -2.07. The van der Waals surface area contributed by atoms with Crippen LogP contribution in [0.15, 0.2) is 47.9 Å². The Labute approximate surface area is 178 Å². The minimum Gasteiger partial charge on any atom is -0.351 e. The summed E-state index contributed by atoms with van der Waals surface area (Å²) in [5.41, 5.74) is 3.87. The molecule has 30 heavy (non-hydrogen) atoms. The molecule has 0 radical (unpaired) electrons. The van der Waals surface area contributed by atoms with Gasteiger partial charge in [0, 0.05) is 18.4 Å². The molecule has 4 rings (SSSR count). The molecule has 0 atom stereocenters. The predicted molar refractivity (Wildman–Crippen MR) is 115 cm³/mol. The van der Waals surface area contributed by atoms with Crippen LogP contribution in [0.25, 0.3) is 5.82 Å². The summed E-state index contributed by atoms with van der Waals surface area (Å²) < 4.78 is 1.63. The zero-order valence-corrected chi connectivity index (χ0v) is 17.4. The maximum atomic E-state index is 12.3. The number of amides is 2. The van der Waals surface area contributed by atoms with Gasteiger partial charge in [-0.2, -0.15) is 0 Å².